The quantitative estimate of drug-likeness (QED) is 0.914. The van der Waals surface area contributed by atoms with Crippen LogP contribution in [0.2, 0.25) is 0 Å². The highest BCUT2D eigenvalue weighted by atomic mass is 16.6. The Balaban J connectivity index is 1.74. The van der Waals surface area contributed by atoms with Gasteiger partial charge in [-0.15, -0.1) is 0 Å². The van der Waals surface area contributed by atoms with Crippen molar-refractivity contribution in [1.82, 2.24) is 10.2 Å². The second-order valence-corrected chi connectivity index (χ2v) is 7.55. The Morgan fingerprint density at radius 2 is 1.78 bits per heavy atom. The number of ether oxygens (including phenoxy) is 1. The summed E-state index contributed by atoms with van der Waals surface area (Å²) in [6.45, 7) is 6.65. The van der Waals surface area contributed by atoms with Gasteiger partial charge in [0.05, 0.1) is 0 Å². The third-order valence-electron chi connectivity index (χ3n) is 4.32. The Morgan fingerprint density at radius 3 is 2.35 bits per heavy atom. The lowest BCUT2D eigenvalue weighted by molar-refractivity contribution is 0.0480. The molecule has 0 unspecified atom stereocenters. The predicted molar refractivity (Wildman–Crippen MR) is 93.3 cm³/mol. The molecule has 1 aliphatic carbocycles. The van der Waals surface area contributed by atoms with E-state index in [2.05, 4.69) is 47.6 Å². The monoisotopic (exact) mass is 318 g/mol. The average Bonchev–Trinajstić information content (AvgIpc) is 2.47. The fourth-order valence-corrected chi connectivity index (χ4v) is 3.14. The molecule has 23 heavy (non-hydrogen) atoms. The summed E-state index contributed by atoms with van der Waals surface area (Å²) in [4.78, 5) is 14.3. The van der Waals surface area contributed by atoms with E-state index in [-0.39, 0.29) is 12.1 Å². The number of hydrogen-bond acceptors (Lipinski definition) is 3. The van der Waals surface area contributed by atoms with E-state index in [1.807, 2.05) is 20.8 Å². The molecule has 0 aliphatic heterocycles. The standard InChI is InChI=1S/C19H30N2O2/c1-19(2,3)23-18(22)20-16-10-12-17(13-11-16)21(4)14-15-8-6-5-7-9-15/h5-9,16-17H,10-14H2,1-4H3,(H,20,22)/t16-,17-. The maximum Gasteiger partial charge on any atom is 0.407 e. The zero-order valence-corrected chi connectivity index (χ0v) is 14.8. The Morgan fingerprint density at radius 1 is 1.17 bits per heavy atom. The summed E-state index contributed by atoms with van der Waals surface area (Å²) in [7, 11) is 2.19. The topological polar surface area (TPSA) is 41.6 Å². The molecule has 1 amide bonds. The lowest BCUT2D eigenvalue weighted by Gasteiger charge is -2.35. The highest BCUT2D eigenvalue weighted by Gasteiger charge is 2.26. The number of hydrogen-bond donors (Lipinski definition) is 1. The fourth-order valence-electron chi connectivity index (χ4n) is 3.14. The molecule has 1 saturated carbocycles. The molecular weight excluding hydrogens is 288 g/mol. The number of carbonyl (C=O) groups excluding carboxylic acids is 1. The molecule has 128 valence electrons. The summed E-state index contributed by atoms with van der Waals surface area (Å²) in [6, 6.07) is 11.4. The van der Waals surface area contributed by atoms with Gasteiger partial charge in [0.15, 0.2) is 0 Å². The van der Waals surface area contributed by atoms with E-state index in [4.69, 9.17) is 4.74 Å². The molecular formula is C19H30N2O2. The first-order valence-electron chi connectivity index (χ1n) is 8.57. The third-order valence-corrected chi connectivity index (χ3v) is 4.32. The summed E-state index contributed by atoms with van der Waals surface area (Å²) in [6.07, 6.45) is 3.97. The van der Waals surface area contributed by atoms with Crippen LogP contribution in [0.1, 0.15) is 52.0 Å². The Hall–Kier alpha value is -1.55. The van der Waals surface area contributed by atoms with Crippen LogP contribution in [0.15, 0.2) is 30.3 Å². The minimum Gasteiger partial charge on any atom is -0.444 e. The molecule has 1 aliphatic rings. The first-order chi connectivity index (χ1) is 10.8. The van der Waals surface area contributed by atoms with E-state index in [1.165, 1.54) is 5.56 Å². The summed E-state index contributed by atoms with van der Waals surface area (Å²) in [5, 5.41) is 3.00. The maximum absolute atomic E-state index is 11.8. The lowest BCUT2D eigenvalue weighted by Crippen LogP contribution is -2.44. The largest absolute Gasteiger partial charge is 0.444 e. The summed E-state index contributed by atoms with van der Waals surface area (Å²) < 4.78 is 5.33. The van der Waals surface area contributed by atoms with Gasteiger partial charge in [0.25, 0.3) is 0 Å². The van der Waals surface area contributed by atoms with E-state index in [9.17, 15) is 4.79 Å². The van der Waals surface area contributed by atoms with Crippen LogP contribution in [0.3, 0.4) is 0 Å². The van der Waals surface area contributed by atoms with Gasteiger partial charge in [0.1, 0.15) is 5.60 Å². The number of carbonyl (C=O) groups is 1. The van der Waals surface area contributed by atoms with Crippen LogP contribution in [0.4, 0.5) is 4.79 Å². The Bertz CT molecular complexity index is 488. The number of nitrogens with one attached hydrogen (secondary N) is 1. The van der Waals surface area contributed by atoms with Crippen molar-refractivity contribution in [2.24, 2.45) is 0 Å². The Kier molecular flexibility index (Phi) is 6.05. The normalized spacial score (nSPS) is 22.0. The number of rotatable bonds is 4. The SMILES string of the molecule is CN(Cc1ccccc1)[C@H]1CC[C@H](NC(=O)OC(C)(C)C)CC1. The van der Waals surface area contributed by atoms with Gasteiger partial charge >= 0.3 is 6.09 Å². The van der Waals surface area contributed by atoms with Gasteiger partial charge in [-0.2, -0.15) is 0 Å². The van der Waals surface area contributed by atoms with Gasteiger partial charge in [0, 0.05) is 18.6 Å². The molecule has 0 spiro atoms. The van der Waals surface area contributed by atoms with Crippen molar-refractivity contribution in [2.45, 2.75) is 70.7 Å². The highest BCUT2D eigenvalue weighted by molar-refractivity contribution is 5.68. The molecule has 2 rings (SSSR count). The van der Waals surface area contributed by atoms with Gasteiger partial charge < -0.3 is 10.1 Å². The van der Waals surface area contributed by atoms with Crippen LogP contribution in [-0.2, 0) is 11.3 Å². The lowest BCUT2D eigenvalue weighted by atomic mass is 9.90. The average molecular weight is 318 g/mol. The van der Waals surface area contributed by atoms with Crippen LogP contribution in [0.5, 0.6) is 0 Å². The van der Waals surface area contributed by atoms with Gasteiger partial charge in [0.2, 0.25) is 0 Å². The van der Waals surface area contributed by atoms with Crippen molar-refractivity contribution in [1.29, 1.82) is 0 Å². The van der Waals surface area contributed by atoms with Crippen LogP contribution in [0, 0.1) is 0 Å². The van der Waals surface area contributed by atoms with Crippen molar-refractivity contribution < 1.29 is 9.53 Å². The second kappa shape index (κ2) is 7.82. The zero-order chi connectivity index (χ0) is 16.9. The van der Waals surface area contributed by atoms with Crippen LogP contribution in [0.25, 0.3) is 0 Å². The number of amides is 1. The van der Waals surface area contributed by atoms with Crippen molar-refractivity contribution in [3.8, 4) is 0 Å². The van der Waals surface area contributed by atoms with E-state index in [0.29, 0.717) is 6.04 Å². The van der Waals surface area contributed by atoms with Crippen molar-refractivity contribution in [2.75, 3.05) is 7.05 Å². The molecule has 4 nitrogen and oxygen atoms in total. The van der Waals surface area contributed by atoms with E-state index in [1.54, 1.807) is 0 Å². The first-order valence-corrected chi connectivity index (χ1v) is 8.57. The van der Waals surface area contributed by atoms with Crippen molar-refractivity contribution in [3.63, 3.8) is 0 Å². The fraction of sp³-hybridized carbons (Fsp3) is 0.632. The maximum atomic E-state index is 11.8. The molecule has 0 bridgehead atoms. The molecule has 1 N–H and O–H groups in total. The molecule has 0 aromatic heterocycles. The molecule has 1 fully saturated rings. The van der Waals surface area contributed by atoms with Gasteiger partial charge in [-0.1, -0.05) is 30.3 Å². The second-order valence-electron chi connectivity index (χ2n) is 7.55. The molecule has 1 aromatic rings. The van der Waals surface area contributed by atoms with Gasteiger partial charge in [-0.05, 0) is 59.1 Å². The van der Waals surface area contributed by atoms with Crippen LogP contribution >= 0.6 is 0 Å². The van der Waals surface area contributed by atoms with E-state index >= 15 is 0 Å². The number of alkyl carbamates (subject to hydrolysis) is 1. The number of benzene rings is 1. The van der Waals surface area contributed by atoms with Crippen LogP contribution < -0.4 is 5.32 Å². The molecule has 1 aromatic carbocycles. The highest BCUT2D eigenvalue weighted by Crippen LogP contribution is 2.24. The Labute approximate surface area is 140 Å². The van der Waals surface area contributed by atoms with Gasteiger partial charge in [-0.25, -0.2) is 4.79 Å². The smallest absolute Gasteiger partial charge is 0.407 e. The third kappa shape index (κ3) is 6.22. The van der Waals surface area contributed by atoms with Crippen LogP contribution in [-0.4, -0.2) is 35.7 Å². The molecule has 0 saturated heterocycles. The summed E-state index contributed by atoms with van der Waals surface area (Å²) in [5.41, 5.74) is 0.918. The molecule has 0 heterocycles. The van der Waals surface area contributed by atoms with Crippen molar-refractivity contribution >= 4 is 6.09 Å². The minimum atomic E-state index is -0.433. The number of nitrogens with zero attached hydrogens (tertiary/aromatic N) is 1. The molecule has 4 heteroatoms. The van der Waals surface area contributed by atoms with E-state index < -0.39 is 5.60 Å². The first kappa shape index (κ1) is 17.8. The van der Waals surface area contributed by atoms with Crippen molar-refractivity contribution in [3.05, 3.63) is 35.9 Å². The molecule has 0 radical (unpaired) electrons. The molecule has 0 atom stereocenters. The minimum absolute atomic E-state index is 0.242. The van der Waals surface area contributed by atoms with E-state index in [0.717, 1.165) is 32.2 Å². The van der Waals surface area contributed by atoms with Gasteiger partial charge in [-0.3, -0.25) is 4.90 Å². The zero-order valence-electron chi connectivity index (χ0n) is 14.8. The predicted octanol–water partition coefficient (Wildman–Crippen LogP) is 3.95. The summed E-state index contributed by atoms with van der Waals surface area (Å²) in [5.74, 6) is 0. The summed E-state index contributed by atoms with van der Waals surface area (Å²) >= 11 is 0.